The van der Waals surface area contributed by atoms with Crippen molar-refractivity contribution in [3.63, 3.8) is 0 Å². The van der Waals surface area contributed by atoms with E-state index in [0.29, 0.717) is 17.3 Å². The molecule has 19 heavy (non-hydrogen) atoms. The molecule has 0 spiro atoms. The van der Waals surface area contributed by atoms with Gasteiger partial charge in [0, 0.05) is 12.7 Å². The van der Waals surface area contributed by atoms with Crippen LogP contribution in [0, 0.1) is 12.8 Å². The minimum absolute atomic E-state index is 0.0327. The Labute approximate surface area is 110 Å². The Bertz CT molecular complexity index is 559. The SMILES string of the molecule is Cc1noc(COC(=O)c2cnn(CC(C)C)c2)n1. The molecule has 0 atom stereocenters. The van der Waals surface area contributed by atoms with Crippen LogP contribution in [0.5, 0.6) is 0 Å². The first-order valence-electron chi connectivity index (χ1n) is 6.03. The maximum atomic E-state index is 11.8. The summed E-state index contributed by atoms with van der Waals surface area (Å²) in [6.07, 6.45) is 3.16. The van der Waals surface area contributed by atoms with Crippen LogP contribution in [0.1, 0.15) is 35.9 Å². The molecular formula is C12H16N4O3. The van der Waals surface area contributed by atoms with Crippen molar-refractivity contribution < 1.29 is 14.1 Å². The van der Waals surface area contributed by atoms with Gasteiger partial charge in [0.1, 0.15) is 0 Å². The Morgan fingerprint density at radius 3 is 2.95 bits per heavy atom. The van der Waals surface area contributed by atoms with Gasteiger partial charge in [0.05, 0.1) is 11.8 Å². The highest BCUT2D eigenvalue weighted by Crippen LogP contribution is 2.06. The summed E-state index contributed by atoms with van der Waals surface area (Å²) in [5.74, 6) is 0.798. The molecule has 7 heteroatoms. The summed E-state index contributed by atoms with van der Waals surface area (Å²) in [4.78, 5) is 15.7. The van der Waals surface area contributed by atoms with Crippen molar-refractivity contribution in [2.45, 2.75) is 33.9 Å². The lowest BCUT2D eigenvalue weighted by atomic mass is 10.2. The summed E-state index contributed by atoms with van der Waals surface area (Å²) in [6.45, 7) is 6.59. The highest BCUT2D eigenvalue weighted by Gasteiger charge is 2.12. The van der Waals surface area contributed by atoms with Crippen LogP contribution in [0.25, 0.3) is 0 Å². The first-order valence-corrected chi connectivity index (χ1v) is 6.03. The van der Waals surface area contributed by atoms with Gasteiger partial charge in [-0.25, -0.2) is 4.79 Å². The number of nitrogens with zero attached hydrogens (tertiary/aromatic N) is 4. The topological polar surface area (TPSA) is 83.0 Å². The van der Waals surface area contributed by atoms with E-state index in [0.717, 1.165) is 6.54 Å². The van der Waals surface area contributed by atoms with Crippen molar-refractivity contribution in [3.05, 3.63) is 29.7 Å². The molecule has 2 rings (SSSR count). The summed E-state index contributed by atoms with van der Waals surface area (Å²) in [5, 5.41) is 7.71. The van der Waals surface area contributed by atoms with E-state index in [-0.39, 0.29) is 12.5 Å². The number of aromatic nitrogens is 4. The fourth-order valence-electron chi connectivity index (χ4n) is 1.55. The van der Waals surface area contributed by atoms with Crippen molar-refractivity contribution in [2.24, 2.45) is 5.92 Å². The third-order valence-corrected chi connectivity index (χ3v) is 2.32. The molecule has 2 aromatic heterocycles. The number of esters is 1. The van der Waals surface area contributed by atoms with E-state index in [1.54, 1.807) is 17.8 Å². The number of aryl methyl sites for hydroxylation is 1. The van der Waals surface area contributed by atoms with Gasteiger partial charge in [-0.2, -0.15) is 10.1 Å². The van der Waals surface area contributed by atoms with Crippen LogP contribution in [0.2, 0.25) is 0 Å². The van der Waals surface area contributed by atoms with Crippen LogP contribution in [0.15, 0.2) is 16.9 Å². The number of rotatable bonds is 5. The molecule has 0 aliphatic carbocycles. The van der Waals surface area contributed by atoms with Gasteiger partial charge >= 0.3 is 5.97 Å². The third-order valence-electron chi connectivity index (χ3n) is 2.32. The van der Waals surface area contributed by atoms with E-state index in [9.17, 15) is 4.79 Å². The number of carbonyl (C=O) groups excluding carboxylic acids is 1. The molecular weight excluding hydrogens is 248 g/mol. The summed E-state index contributed by atoms with van der Waals surface area (Å²) in [7, 11) is 0. The first kappa shape index (κ1) is 13.3. The molecule has 0 radical (unpaired) electrons. The summed E-state index contributed by atoms with van der Waals surface area (Å²) in [5.41, 5.74) is 0.414. The van der Waals surface area contributed by atoms with E-state index < -0.39 is 5.97 Å². The molecule has 2 heterocycles. The molecule has 0 unspecified atom stereocenters. The van der Waals surface area contributed by atoms with Gasteiger partial charge in [0.2, 0.25) is 0 Å². The van der Waals surface area contributed by atoms with Crippen LogP contribution in [-0.4, -0.2) is 25.9 Å². The maximum Gasteiger partial charge on any atom is 0.341 e. The fourth-order valence-corrected chi connectivity index (χ4v) is 1.55. The molecule has 7 nitrogen and oxygen atoms in total. The van der Waals surface area contributed by atoms with Gasteiger partial charge in [-0.05, 0) is 12.8 Å². The number of ether oxygens (including phenoxy) is 1. The molecule has 2 aromatic rings. The third kappa shape index (κ3) is 3.64. The molecule has 0 saturated carbocycles. The second-order valence-corrected chi connectivity index (χ2v) is 4.66. The van der Waals surface area contributed by atoms with E-state index in [4.69, 9.17) is 9.26 Å². The van der Waals surface area contributed by atoms with Crippen LogP contribution >= 0.6 is 0 Å². The number of hydrogen-bond acceptors (Lipinski definition) is 6. The highest BCUT2D eigenvalue weighted by atomic mass is 16.6. The van der Waals surface area contributed by atoms with Gasteiger partial charge in [-0.15, -0.1) is 0 Å². The van der Waals surface area contributed by atoms with Crippen LogP contribution < -0.4 is 0 Å². The zero-order valence-corrected chi connectivity index (χ0v) is 11.2. The van der Waals surface area contributed by atoms with Gasteiger partial charge < -0.3 is 9.26 Å². The number of hydrogen-bond donors (Lipinski definition) is 0. The molecule has 0 saturated heterocycles. The minimum atomic E-state index is -0.453. The summed E-state index contributed by atoms with van der Waals surface area (Å²) < 4.78 is 11.6. The predicted molar refractivity (Wildman–Crippen MR) is 65.2 cm³/mol. The summed E-state index contributed by atoms with van der Waals surface area (Å²) in [6, 6.07) is 0. The van der Waals surface area contributed by atoms with Gasteiger partial charge in [0.15, 0.2) is 12.4 Å². The Hall–Kier alpha value is -2.18. The van der Waals surface area contributed by atoms with Gasteiger partial charge in [-0.1, -0.05) is 19.0 Å². The molecule has 0 bridgehead atoms. The zero-order chi connectivity index (χ0) is 13.8. The Morgan fingerprint density at radius 2 is 2.32 bits per heavy atom. The molecule has 102 valence electrons. The summed E-state index contributed by atoms with van der Waals surface area (Å²) >= 11 is 0. The van der Waals surface area contributed by atoms with Gasteiger partial charge in [0.25, 0.3) is 5.89 Å². The Morgan fingerprint density at radius 1 is 1.53 bits per heavy atom. The molecule has 0 N–H and O–H groups in total. The van der Waals surface area contributed by atoms with Gasteiger partial charge in [-0.3, -0.25) is 4.68 Å². The molecule has 0 aromatic carbocycles. The lowest BCUT2D eigenvalue weighted by Crippen LogP contribution is -2.06. The monoisotopic (exact) mass is 264 g/mol. The minimum Gasteiger partial charge on any atom is -0.452 e. The Kier molecular flexibility index (Phi) is 3.94. The molecule has 0 aliphatic heterocycles. The normalized spacial score (nSPS) is 10.9. The smallest absolute Gasteiger partial charge is 0.341 e. The highest BCUT2D eigenvalue weighted by molar-refractivity contribution is 5.88. The molecule has 0 amide bonds. The van der Waals surface area contributed by atoms with Crippen LogP contribution in [-0.2, 0) is 17.9 Å². The molecule has 0 aliphatic rings. The first-order chi connectivity index (χ1) is 9.04. The maximum absolute atomic E-state index is 11.8. The van der Waals surface area contributed by atoms with Crippen molar-refractivity contribution in [1.29, 1.82) is 0 Å². The van der Waals surface area contributed by atoms with Crippen molar-refractivity contribution >= 4 is 5.97 Å². The fraction of sp³-hybridized carbons (Fsp3) is 0.500. The zero-order valence-electron chi connectivity index (χ0n) is 11.2. The average molecular weight is 264 g/mol. The van der Waals surface area contributed by atoms with Crippen LogP contribution in [0.4, 0.5) is 0 Å². The average Bonchev–Trinajstić information content (AvgIpc) is 2.95. The van der Waals surface area contributed by atoms with E-state index >= 15 is 0 Å². The van der Waals surface area contributed by atoms with Crippen molar-refractivity contribution in [2.75, 3.05) is 0 Å². The van der Waals surface area contributed by atoms with E-state index in [1.807, 2.05) is 0 Å². The Balaban J connectivity index is 1.90. The van der Waals surface area contributed by atoms with Crippen molar-refractivity contribution in [3.8, 4) is 0 Å². The number of carbonyl (C=O) groups is 1. The van der Waals surface area contributed by atoms with E-state index in [1.165, 1.54) is 6.20 Å². The largest absolute Gasteiger partial charge is 0.452 e. The molecule has 0 fully saturated rings. The van der Waals surface area contributed by atoms with Crippen LogP contribution in [0.3, 0.4) is 0 Å². The second-order valence-electron chi connectivity index (χ2n) is 4.66. The lowest BCUT2D eigenvalue weighted by Gasteiger charge is -2.03. The lowest BCUT2D eigenvalue weighted by molar-refractivity contribution is 0.0429. The van der Waals surface area contributed by atoms with Crippen molar-refractivity contribution in [1.82, 2.24) is 19.9 Å². The standard InChI is InChI=1S/C12H16N4O3/c1-8(2)5-16-6-10(4-13-16)12(17)18-7-11-14-9(3)15-19-11/h4,6,8H,5,7H2,1-3H3. The quantitative estimate of drug-likeness (QED) is 0.762. The second kappa shape index (κ2) is 5.64. The van der Waals surface area contributed by atoms with E-state index in [2.05, 4.69) is 29.1 Å². The predicted octanol–water partition coefficient (Wildman–Crippen LogP) is 1.59.